The van der Waals surface area contributed by atoms with Crippen molar-refractivity contribution in [1.82, 2.24) is 14.8 Å². The molecule has 0 saturated heterocycles. The molecule has 5 heteroatoms. The van der Waals surface area contributed by atoms with E-state index in [4.69, 9.17) is 17.0 Å². The fraction of sp³-hybridized carbons (Fsp3) is 0.750. The van der Waals surface area contributed by atoms with E-state index < -0.39 is 0 Å². The predicted molar refractivity (Wildman–Crippen MR) is 53.3 cm³/mol. The minimum absolute atomic E-state index is 0.704. The summed E-state index contributed by atoms with van der Waals surface area (Å²) in [6.07, 6.45) is 1.89. The molecule has 0 fully saturated rings. The van der Waals surface area contributed by atoms with Crippen molar-refractivity contribution in [3.8, 4) is 0 Å². The van der Waals surface area contributed by atoms with Gasteiger partial charge in [0, 0.05) is 26.7 Å². The van der Waals surface area contributed by atoms with Gasteiger partial charge < -0.3 is 9.30 Å². The summed E-state index contributed by atoms with van der Waals surface area (Å²) >= 11 is 5.06. The van der Waals surface area contributed by atoms with Crippen LogP contribution in [0.4, 0.5) is 0 Å². The van der Waals surface area contributed by atoms with Crippen molar-refractivity contribution in [1.29, 1.82) is 0 Å². The summed E-state index contributed by atoms with van der Waals surface area (Å²) in [4.78, 5) is 0. The number of hydrogen-bond donors (Lipinski definition) is 1. The number of ether oxygens (including phenoxy) is 1. The van der Waals surface area contributed by atoms with E-state index in [0.717, 1.165) is 31.8 Å². The highest BCUT2D eigenvalue weighted by Gasteiger charge is 2.02. The van der Waals surface area contributed by atoms with E-state index >= 15 is 0 Å². The summed E-state index contributed by atoms with van der Waals surface area (Å²) in [5.74, 6) is 1.02. The number of nitrogens with zero attached hydrogens (tertiary/aromatic N) is 2. The SMILES string of the molecule is CCn1c(CCCOC)n[nH]c1=S. The number of aryl methyl sites for hydroxylation is 1. The first kappa shape index (κ1) is 10.4. The number of aromatic amines is 1. The van der Waals surface area contributed by atoms with Crippen molar-refractivity contribution in [2.24, 2.45) is 0 Å². The molecule has 1 N–H and O–H groups in total. The lowest BCUT2D eigenvalue weighted by atomic mass is 10.3. The maximum absolute atomic E-state index is 5.06. The Morgan fingerprint density at radius 1 is 1.62 bits per heavy atom. The van der Waals surface area contributed by atoms with E-state index in [9.17, 15) is 0 Å². The van der Waals surface area contributed by atoms with E-state index in [1.807, 2.05) is 4.57 Å². The van der Waals surface area contributed by atoms with Gasteiger partial charge in [-0.05, 0) is 25.6 Å². The van der Waals surface area contributed by atoms with Crippen LogP contribution in [-0.4, -0.2) is 28.5 Å². The lowest BCUT2D eigenvalue weighted by Gasteiger charge is -2.02. The van der Waals surface area contributed by atoms with E-state index in [-0.39, 0.29) is 0 Å². The van der Waals surface area contributed by atoms with E-state index in [0.29, 0.717) is 4.77 Å². The summed E-state index contributed by atoms with van der Waals surface area (Å²) < 4.78 is 7.68. The van der Waals surface area contributed by atoms with Gasteiger partial charge in [-0.3, -0.25) is 5.10 Å². The van der Waals surface area contributed by atoms with Gasteiger partial charge in [0.1, 0.15) is 5.82 Å². The quantitative estimate of drug-likeness (QED) is 0.580. The maximum Gasteiger partial charge on any atom is 0.195 e. The molecule has 1 rings (SSSR count). The van der Waals surface area contributed by atoms with Crippen molar-refractivity contribution >= 4 is 12.2 Å². The molecule has 1 aromatic heterocycles. The molecule has 0 atom stereocenters. The second-order valence-electron chi connectivity index (χ2n) is 2.79. The molecular formula is C8H15N3OS. The monoisotopic (exact) mass is 201 g/mol. The Hall–Kier alpha value is -0.680. The Labute approximate surface area is 82.9 Å². The fourth-order valence-electron chi connectivity index (χ4n) is 1.24. The van der Waals surface area contributed by atoms with Crippen LogP contribution in [0.2, 0.25) is 0 Å². The van der Waals surface area contributed by atoms with Crippen molar-refractivity contribution in [2.75, 3.05) is 13.7 Å². The van der Waals surface area contributed by atoms with Crippen molar-refractivity contribution in [3.63, 3.8) is 0 Å². The van der Waals surface area contributed by atoms with Crippen molar-refractivity contribution in [3.05, 3.63) is 10.6 Å². The number of aromatic nitrogens is 3. The van der Waals surface area contributed by atoms with Crippen molar-refractivity contribution < 1.29 is 4.74 Å². The Morgan fingerprint density at radius 3 is 3.00 bits per heavy atom. The number of nitrogens with one attached hydrogen (secondary N) is 1. The smallest absolute Gasteiger partial charge is 0.195 e. The van der Waals surface area contributed by atoms with Crippen LogP contribution < -0.4 is 0 Å². The highest BCUT2D eigenvalue weighted by molar-refractivity contribution is 7.71. The van der Waals surface area contributed by atoms with Crippen LogP contribution in [0.25, 0.3) is 0 Å². The summed E-state index contributed by atoms with van der Waals surface area (Å²) in [5.41, 5.74) is 0. The first-order valence-corrected chi connectivity index (χ1v) is 4.83. The Balaban J connectivity index is 2.60. The van der Waals surface area contributed by atoms with E-state index in [1.165, 1.54) is 0 Å². The molecule has 0 spiro atoms. The molecule has 13 heavy (non-hydrogen) atoms. The zero-order valence-corrected chi connectivity index (χ0v) is 8.86. The second kappa shape index (κ2) is 5.14. The summed E-state index contributed by atoms with van der Waals surface area (Å²) in [7, 11) is 1.71. The summed E-state index contributed by atoms with van der Waals surface area (Å²) in [5, 5.41) is 6.94. The van der Waals surface area contributed by atoms with Crippen LogP contribution >= 0.6 is 12.2 Å². The average Bonchev–Trinajstić information content (AvgIpc) is 2.47. The Morgan fingerprint density at radius 2 is 2.38 bits per heavy atom. The van der Waals surface area contributed by atoms with Crippen LogP contribution in [0.3, 0.4) is 0 Å². The Bertz CT molecular complexity index is 305. The van der Waals surface area contributed by atoms with Gasteiger partial charge in [0.05, 0.1) is 0 Å². The molecule has 0 unspecified atom stereocenters. The number of H-pyrrole nitrogens is 1. The van der Waals surface area contributed by atoms with Gasteiger partial charge in [-0.1, -0.05) is 0 Å². The largest absolute Gasteiger partial charge is 0.385 e. The van der Waals surface area contributed by atoms with Gasteiger partial charge in [-0.15, -0.1) is 0 Å². The zero-order chi connectivity index (χ0) is 9.68. The molecule has 4 nitrogen and oxygen atoms in total. The molecule has 74 valence electrons. The summed E-state index contributed by atoms with van der Waals surface area (Å²) in [6, 6.07) is 0. The van der Waals surface area contributed by atoms with Crippen LogP contribution in [0.1, 0.15) is 19.2 Å². The van der Waals surface area contributed by atoms with Crippen LogP contribution in [0.5, 0.6) is 0 Å². The van der Waals surface area contributed by atoms with Gasteiger partial charge in [-0.2, -0.15) is 5.10 Å². The molecule has 0 saturated carbocycles. The molecule has 0 aliphatic heterocycles. The van der Waals surface area contributed by atoms with Gasteiger partial charge in [0.25, 0.3) is 0 Å². The normalized spacial score (nSPS) is 10.6. The molecule has 0 aliphatic carbocycles. The highest BCUT2D eigenvalue weighted by atomic mass is 32.1. The van der Waals surface area contributed by atoms with Crippen LogP contribution in [0, 0.1) is 4.77 Å². The molecule has 0 aromatic carbocycles. The third-order valence-corrected chi connectivity index (χ3v) is 2.21. The maximum atomic E-state index is 5.06. The van der Waals surface area contributed by atoms with Crippen LogP contribution in [-0.2, 0) is 17.7 Å². The molecule has 0 amide bonds. The van der Waals surface area contributed by atoms with Gasteiger partial charge >= 0.3 is 0 Å². The second-order valence-corrected chi connectivity index (χ2v) is 3.17. The first-order chi connectivity index (χ1) is 6.29. The number of rotatable bonds is 5. The molecule has 1 heterocycles. The average molecular weight is 201 g/mol. The first-order valence-electron chi connectivity index (χ1n) is 4.42. The third kappa shape index (κ3) is 2.63. The minimum atomic E-state index is 0.704. The van der Waals surface area contributed by atoms with Crippen LogP contribution in [0.15, 0.2) is 0 Å². The summed E-state index contributed by atoms with van der Waals surface area (Å²) in [6.45, 7) is 3.70. The standard InChI is InChI=1S/C8H15N3OS/c1-3-11-7(5-4-6-12-2)9-10-8(11)13/h3-6H2,1-2H3,(H,10,13). The number of methoxy groups -OCH3 is 1. The topological polar surface area (TPSA) is 42.8 Å². The van der Waals surface area contributed by atoms with Crippen molar-refractivity contribution in [2.45, 2.75) is 26.3 Å². The molecule has 0 bridgehead atoms. The molecular weight excluding hydrogens is 186 g/mol. The zero-order valence-electron chi connectivity index (χ0n) is 8.04. The molecule has 1 aromatic rings. The predicted octanol–water partition coefficient (Wildman–Crippen LogP) is 1.54. The lowest BCUT2D eigenvalue weighted by molar-refractivity contribution is 0.194. The molecule has 0 aliphatic rings. The molecule has 0 radical (unpaired) electrons. The van der Waals surface area contributed by atoms with Gasteiger partial charge in [-0.25, -0.2) is 0 Å². The van der Waals surface area contributed by atoms with E-state index in [2.05, 4.69) is 17.1 Å². The van der Waals surface area contributed by atoms with E-state index in [1.54, 1.807) is 7.11 Å². The minimum Gasteiger partial charge on any atom is -0.385 e. The Kier molecular flexibility index (Phi) is 4.11. The highest BCUT2D eigenvalue weighted by Crippen LogP contribution is 2.01. The van der Waals surface area contributed by atoms with Gasteiger partial charge in [0.15, 0.2) is 4.77 Å². The fourth-order valence-corrected chi connectivity index (χ4v) is 1.52. The lowest BCUT2D eigenvalue weighted by Crippen LogP contribution is -2.03. The number of hydrogen-bond acceptors (Lipinski definition) is 3. The third-order valence-electron chi connectivity index (χ3n) is 1.90. The van der Waals surface area contributed by atoms with Gasteiger partial charge in [0.2, 0.25) is 0 Å².